The van der Waals surface area contributed by atoms with Gasteiger partial charge in [0.15, 0.2) is 80.1 Å². The number of carbonyl (C=O) groups excluding carboxylic acids is 13. The van der Waals surface area contributed by atoms with Crippen molar-refractivity contribution in [1.29, 1.82) is 0 Å². The molecule has 0 aromatic carbocycles. The van der Waals surface area contributed by atoms with E-state index >= 15 is 0 Å². The second kappa shape index (κ2) is 42.1. The van der Waals surface area contributed by atoms with Crippen LogP contribution in [0.25, 0.3) is 0 Å². The second-order valence-corrected chi connectivity index (χ2v) is 22.9. The van der Waals surface area contributed by atoms with E-state index in [0.29, 0.717) is 13.2 Å². The number of Topliss-reactive ketones (excluding diaryl/α,β-unsaturated/α-hetero) is 4. The summed E-state index contributed by atoms with van der Waals surface area (Å²) in [5.74, 6) is -8.75. The maximum Gasteiger partial charge on any atom is 0.347 e. The molecule has 0 aromatic rings. The summed E-state index contributed by atoms with van der Waals surface area (Å²) in [6.07, 6.45) is -5.02. The molecule has 0 bridgehead atoms. The molecule has 0 aliphatic rings. The van der Waals surface area contributed by atoms with E-state index in [4.69, 9.17) is 48.5 Å². The Morgan fingerprint density at radius 3 is 0.917 bits per heavy atom. The van der Waals surface area contributed by atoms with Crippen LogP contribution in [0.4, 0.5) is 0 Å². The van der Waals surface area contributed by atoms with Crippen LogP contribution in [0.15, 0.2) is 0 Å². The van der Waals surface area contributed by atoms with Gasteiger partial charge in [0.25, 0.3) is 0 Å². The zero-order valence-electron chi connectivity index (χ0n) is 53.0. The molecule has 0 radical (unpaired) electrons. The fraction of sp³-hybridized carbons (Fsp3) is 0.750. The Bertz CT molecular complexity index is 2140. The Labute approximate surface area is 492 Å². The topological polar surface area (TPSA) is 401 Å². The molecule has 0 saturated carbocycles. The molecule has 0 spiro atoms. The molecular formula is C56H94O28. The molecule has 28 heteroatoms. The molecule has 486 valence electrons. The molecule has 3 N–H and O–H groups in total. The van der Waals surface area contributed by atoms with Gasteiger partial charge in [0.2, 0.25) is 0 Å². The summed E-state index contributed by atoms with van der Waals surface area (Å²) in [4.78, 5) is 157. The van der Waals surface area contributed by atoms with E-state index < -0.39 is 144 Å². The van der Waals surface area contributed by atoms with Crippen molar-refractivity contribution < 1.29 is 135 Å². The third kappa shape index (κ3) is 45.7. The van der Waals surface area contributed by atoms with E-state index in [1.807, 2.05) is 0 Å². The molecule has 0 saturated heterocycles. The average molecular weight is 1220 g/mol. The number of carboxylic acids is 1. The summed E-state index contributed by atoms with van der Waals surface area (Å²) in [5.41, 5.74) is -3.02. The minimum absolute atomic E-state index is 0.193. The molecule has 0 rings (SSSR count). The Balaban J connectivity index is -0.000000312. The van der Waals surface area contributed by atoms with E-state index in [2.05, 4.69) is 18.9 Å². The fourth-order valence-electron chi connectivity index (χ4n) is 4.42. The number of aliphatic hydroxyl groups is 2. The van der Waals surface area contributed by atoms with Crippen LogP contribution < -0.4 is 0 Å². The zero-order valence-corrected chi connectivity index (χ0v) is 53.0. The first kappa shape index (κ1) is 86.0. The van der Waals surface area contributed by atoms with E-state index in [1.165, 1.54) is 34.6 Å². The third-order valence-electron chi connectivity index (χ3n) is 9.53. The molecule has 0 fully saturated rings. The van der Waals surface area contributed by atoms with Gasteiger partial charge >= 0.3 is 59.7 Å². The van der Waals surface area contributed by atoms with Gasteiger partial charge in [-0.2, -0.15) is 0 Å². The molecule has 0 aromatic heterocycles. The number of hydrogen-bond donors (Lipinski definition) is 3. The largest absolute Gasteiger partial charge is 0.479 e. The molecule has 0 aliphatic heterocycles. The van der Waals surface area contributed by atoms with E-state index in [-0.39, 0.29) is 49.6 Å². The lowest BCUT2D eigenvalue weighted by Crippen LogP contribution is -2.35. The van der Waals surface area contributed by atoms with Crippen LogP contribution in [0.3, 0.4) is 0 Å². The molecule has 84 heavy (non-hydrogen) atoms. The van der Waals surface area contributed by atoms with Crippen LogP contribution >= 0.6 is 0 Å². The van der Waals surface area contributed by atoms with Crippen molar-refractivity contribution in [3.05, 3.63) is 0 Å². The number of carboxylic acid groups (broad SMARTS) is 1. The van der Waals surface area contributed by atoms with Gasteiger partial charge in [0, 0.05) is 34.9 Å². The Morgan fingerprint density at radius 1 is 0.333 bits per heavy atom. The second-order valence-electron chi connectivity index (χ2n) is 22.9. The molecule has 28 nitrogen and oxygen atoms in total. The standard InChI is InChI=1S/2C13H22O6.2C11H18O6.C8H14O4/c1-6-17-7-10(14)18-8-11(15)19-9(2)12(16)13(3,4)5;1-6-17-8-11(15)19-9(2)12(16)18-7-10(14)13(3,4)5;1-7(17-9(14)5-12)10(15)16-6-8(13)11(2,3)4;1-7(10(15)11(2,3)4)17-9(14)6-16-8(13)5-12;1-5(6(9)10)12-7(11)8(2,3)4/h2*9H,6-8H2,1-5H3;2*7,12H,5-6H2,1-4H3;5H,1-4H3,(H,9,10). The number of carbonyl (C=O) groups is 14. The molecule has 5 unspecified atom stereocenters. The average Bonchev–Trinajstić information content (AvgIpc) is 3.38. The lowest BCUT2D eigenvalue weighted by Gasteiger charge is -2.21. The first-order chi connectivity index (χ1) is 38.0. The third-order valence-corrected chi connectivity index (χ3v) is 9.53. The smallest absolute Gasteiger partial charge is 0.347 e. The molecule has 0 heterocycles. The molecule has 0 aliphatic carbocycles. The van der Waals surface area contributed by atoms with Gasteiger partial charge in [0.05, 0.1) is 5.41 Å². The summed E-state index contributed by atoms with van der Waals surface area (Å²) in [7, 11) is 0. The maximum absolute atomic E-state index is 11.8. The van der Waals surface area contributed by atoms with Crippen molar-refractivity contribution in [1.82, 2.24) is 0 Å². The molecular weight excluding hydrogens is 1120 g/mol. The van der Waals surface area contributed by atoms with Gasteiger partial charge in [0.1, 0.15) is 26.4 Å². The number of aliphatic hydroxyl groups excluding tert-OH is 2. The van der Waals surface area contributed by atoms with Crippen LogP contribution in [0.5, 0.6) is 0 Å². The minimum atomic E-state index is -1.14. The number of aliphatic carboxylic acids is 1. The SMILES string of the molecule is CC(OC(=O)C(C)(C)C)C(=O)O.CC(OC(=O)CO)C(=O)OCC(=O)C(C)(C)C.CC(OC(=O)COC(=O)CO)C(=O)C(C)(C)C.CCOCC(=O)OC(C)C(=O)OCC(=O)C(C)(C)C.CCOCC(=O)OCC(=O)OC(C)C(=O)C(C)(C)C. The number of ketones is 4. The Kier molecular flexibility index (Phi) is 43.1. The van der Waals surface area contributed by atoms with E-state index in [1.54, 1.807) is 118 Å². The van der Waals surface area contributed by atoms with Crippen LogP contribution in [-0.2, 0) is 119 Å². The van der Waals surface area contributed by atoms with Crippen molar-refractivity contribution in [2.75, 3.05) is 66.1 Å². The predicted octanol–water partition coefficient (Wildman–Crippen LogP) is 3.41. The van der Waals surface area contributed by atoms with Crippen LogP contribution in [0, 0.1) is 27.1 Å². The molecule has 5 atom stereocenters. The lowest BCUT2D eigenvalue weighted by atomic mass is 9.88. The maximum atomic E-state index is 11.8. The monoisotopic (exact) mass is 1210 g/mol. The van der Waals surface area contributed by atoms with Gasteiger partial charge in [-0.05, 0) is 69.2 Å². The van der Waals surface area contributed by atoms with Gasteiger partial charge in [-0.15, -0.1) is 0 Å². The summed E-state index contributed by atoms with van der Waals surface area (Å²) < 4.78 is 51.7. The number of rotatable bonds is 26. The highest BCUT2D eigenvalue weighted by Crippen LogP contribution is 2.20. The lowest BCUT2D eigenvalue weighted by molar-refractivity contribution is -0.170. The first-order valence-corrected chi connectivity index (χ1v) is 26.4. The normalized spacial score (nSPS) is 12.9. The van der Waals surface area contributed by atoms with Gasteiger partial charge in [-0.25, -0.2) is 43.2 Å². The number of hydrogen-bond acceptors (Lipinski definition) is 27. The number of esters is 9. The highest BCUT2D eigenvalue weighted by Gasteiger charge is 2.32. The van der Waals surface area contributed by atoms with Crippen LogP contribution in [0.2, 0.25) is 0 Å². The highest BCUT2D eigenvalue weighted by atomic mass is 16.6. The van der Waals surface area contributed by atoms with Gasteiger partial charge in [-0.1, -0.05) is 83.1 Å². The van der Waals surface area contributed by atoms with Crippen molar-refractivity contribution in [2.24, 2.45) is 27.1 Å². The fourth-order valence-corrected chi connectivity index (χ4v) is 4.42. The summed E-state index contributed by atoms with van der Waals surface area (Å²) in [6, 6.07) is 0. The van der Waals surface area contributed by atoms with Crippen molar-refractivity contribution >= 4 is 82.8 Å². The Hall–Kier alpha value is -6.78. The quantitative estimate of drug-likeness (QED) is 0.0825. The highest BCUT2D eigenvalue weighted by molar-refractivity contribution is 5.91. The van der Waals surface area contributed by atoms with Crippen molar-refractivity contribution in [3.63, 3.8) is 0 Å². The van der Waals surface area contributed by atoms with Gasteiger partial charge in [-0.3, -0.25) is 24.0 Å². The Morgan fingerprint density at radius 2 is 0.631 bits per heavy atom. The predicted molar refractivity (Wildman–Crippen MR) is 294 cm³/mol. The molecule has 0 amide bonds. The first-order valence-electron chi connectivity index (χ1n) is 26.4. The number of ether oxygens (including phenoxy) is 11. The van der Waals surface area contributed by atoms with Crippen molar-refractivity contribution in [2.45, 2.75) is 183 Å². The summed E-state index contributed by atoms with van der Waals surface area (Å²) in [6.45, 7) is 33.0. The zero-order chi connectivity index (χ0) is 67.3. The van der Waals surface area contributed by atoms with Crippen LogP contribution in [0.1, 0.15) is 152 Å². The van der Waals surface area contributed by atoms with Crippen LogP contribution in [-0.4, -0.2) is 195 Å². The minimum Gasteiger partial charge on any atom is -0.479 e. The van der Waals surface area contributed by atoms with E-state index in [0.717, 1.165) is 0 Å². The summed E-state index contributed by atoms with van der Waals surface area (Å²) >= 11 is 0. The summed E-state index contributed by atoms with van der Waals surface area (Å²) in [5, 5.41) is 25.2. The van der Waals surface area contributed by atoms with E-state index in [9.17, 15) is 67.1 Å². The van der Waals surface area contributed by atoms with Gasteiger partial charge < -0.3 is 67.4 Å². The van der Waals surface area contributed by atoms with Crippen molar-refractivity contribution in [3.8, 4) is 0 Å².